The smallest absolute Gasteiger partial charge is 0.0192 e. The lowest BCUT2D eigenvalue weighted by atomic mass is 10.3. The van der Waals surface area contributed by atoms with Crippen LogP contribution in [0.4, 0.5) is 0 Å². The first-order chi connectivity index (χ1) is 6.11. The number of nitrogens with zero attached hydrogens (tertiary/aromatic N) is 2. The molecule has 0 aromatic heterocycles. The molecule has 0 aliphatic rings. The van der Waals surface area contributed by atoms with Gasteiger partial charge in [-0.3, -0.25) is 0 Å². The summed E-state index contributed by atoms with van der Waals surface area (Å²) in [5, 5.41) is 0. The zero-order chi connectivity index (χ0) is 10.3. The van der Waals surface area contributed by atoms with Crippen molar-refractivity contribution in [1.29, 1.82) is 0 Å². The summed E-state index contributed by atoms with van der Waals surface area (Å²) < 4.78 is 0. The summed E-state index contributed by atoms with van der Waals surface area (Å²) >= 11 is 8.43. The SMILES string of the molecule is CC(CN(C)CCS)N(C)CCS. The van der Waals surface area contributed by atoms with Crippen LogP contribution < -0.4 is 0 Å². The van der Waals surface area contributed by atoms with Crippen LogP contribution in [-0.2, 0) is 0 Å². The minimum atomic E-state index is 0.594. The summed E-state index contributed by atoms with van der Waals surface area (Å²) in [6, 6.07) is 0.594. The number of thiol groups is 2. The third-order valence-electron chi connectivity index (χ3n) is 2.26. The van der Waals surface area contributed by atoms with Crippen LogP contribution in [0.5, 0.6) is 0 Å². The molecule has 80 valence electrons. The highest BCUT2D eigenvalue weighted by Gasteiger charge is 2.09. The van der Waals surface area contributed by atoms with Gasteiger partial charge in [0.2, 0.25) is 0 Å². The van der Waals surface area contributed by atoms with Crippen molar-refractivity contribution in [3.8, 4) is 0 Å². The van der Waals surface area contributed by atoms with Gasteiger partial charge in [0, 0.05) is 37.2 Å². The molecule has 0 bridgehead atoms. The standard InChI is InChI=1S/C9H22N2S2/c1-9(11(3)5-7-13)8-10(2)4-6-12/h9,12-13H,4-8H2,1-3H3. The quantitative estimate of drug-likeness (QED) is 0.623. The van der Waals surface area contributed by atoms with Gasteiger partial charge in [0.1, 0.15) is 0 Å². The minimum absolute atomic E-state index is 0.594. The third kappa shape index (κ3) is 6.66. The number of rotatable bonds is 7. The lowest BCUT2D eigenvalue weighted by molar-refractivity contribution is 0.206. The molecule has 0 aromatic rings. The molecule has 0 amide bonds. The second-order valence-corrected chi connectivity index (χ2v) is 4.43. The molecular weight excluding hydrogens is 200 g/mol. The van der Waals surface area contributed by atoms with Crippen molar-refractivity contribution in [2.24, 2.45) is 0 Å². The third-order valence-corrected chi connectivity index (χ3v) is 2.66. The predicted octanol–water partition coefficient (Wildman–Crippen LogP) is 1.10. The van der Waals surface area contributed by atoms with E-state index in [1.54, 1.807) is 0 Å². The van der Waals surface area contributed by atoms with Gasteiger partial charge in [0.25, 0.3) is 0 Å². The maximum atomic E-state index is 4.22. The van der Waals surface area contributed by atoms with E-state index < -0.39 is 0 Å². The summed E-state index contributed by atoms with van der Waals surface area (Å²) in [7, 11) is 4.29. The maximum Gasteiger partial charge on any atom is 0.0192 e. The molecule has 0 heterocycles. The summed E-state index contributed by atoms with van der Waals surface area (Å²) in [5.74, 6) is 1.86. The van der Waals surface area contributed by atoms with Gasteiger partial charge in [-0.2, -0.15) is 25.3 Å². The Morgan fingerprint density at radius 2 is 1.62 bits per heavy atom. The first-order valence-corrected chi connectivity index (χ1v) is 5.98. The Labute approximate surface area is 93.5 Å². The molecule has 0 rings (SSSR count). The number of likely N-dealkylation sites (N-methyl/N-ethyl adjacent to an activating group) is 2. The zero-order valence-electron chi connectivity index (χ0n) is 8.90. The number of hydrogen-bond acceptors (Lipinski definition) is 4. The Balaban J connectivity index is 3.64. The van der Waals surface area contributed by atoms with Gasteiger partial charge >= 0.3 is 0 Å². The van der Waals surface area contributed by atoms with Gasteiger partial charge in [0.15, 0.2) is 0 Å². The largest absolute Gasteiger partial charge is 0.304 e. The van der Waals surface area contributed by atoms with Crippen LogP contribution in [0.1, 0.15) is 6.92 Å². The highest BCUT2D eigenvalue weighted by Crippen LogP contribution is 1.98. The lowest BCUT2D eigenvalue weighted by Gasteiger charge is -2.28. The molecule has 0 aliphatic heterocycles. The zero-order valence-corrected chi connectivity index (χ0v) is 10.7. The highest BCUT2D eigenvalue weighted by molar-refractivity contribution is 7.80. The predicted molar refractivity (Wildman–Crippen MR) is 67.3 cm³/mol. The van der Waals surface area contributed by atoms with Crippen LogP contribution in [0, 0.1) is 0 Å². The molecular formula is C9H22N2S2. The van der Waals surface area contributed by atoms with Crippen molar-refractivity contribution in [3.63, 3.8) is 0 Å². The van der Waals surface area contributed by atoms with Gasteiger partial charge < -0.3 is 9.80 Å². The fourth-order valence-electron chi connectivity index (χ4n) is 1.23. The first-order valence-electron chi connectivity index (χ1n) is 4.72. The van der Waals surface area contributed by atoms with E-state index in [9.17, 15) is 0 Å². The number of hydrogen-bond donors (Lipinski definition) is 2. The molecule has 1 atom stereocenters. The maximum absolute atomic E-state index is 4.22. The summed E-state index contributed by atoms with van der Waals surface area (Å²) in [6.45, 7) is 5.46. The van der Waals surface area contributed by atoms with Gasteiger partial charge in [-0.1, -0.05) is 0 Å². The molecule has 0 saturated carbocycles. The molecule has 0 aliphatic carbocycles. The van der Waals surface area contributed by atoms with Crippen molar-refractivity contribution in [2.45, 2.75) is 13.0 Å². The Kier molecular flexibility index (Phi) is 8.35. The van der Waals surface area contributed by atoms with Crippen molar-refractivity contribution in [1.82, 2.24) is 9.80 Å². The summed E-state index contributed by atoms with van der Waals surface area (Å²) in [6.07, 6.45) is 0. The summed E-state index contributed by atoms with van der Waals surface area (Å²) in [5.41, 5.74) is 0. The highest BCUT2D eigenvalue weighted by atomic mass is 32.1. The van der Waals surface area contributed by atoms with Crippen LogP contribution in [0.3, 0.4) is 0 Å². The van der Waals surface area contributed by atoms with Gasteiger partial charge in [-0.05, 0) is 21.0 Å². The monoisotopic (exact) mass is 222 g/mol. The van der Waals surface area contributed by atoms with Crippen molar-refractivity contribution in [3.05, 3.63) is 0 Å². The van der Waals surface area contributed by atoms with Crippen LogP contribution in [0.25, 0.3) is 0 Å². The average Bonchev–Trinajstić information content (AvgIpc) is 2.05. The van der Waals surface area contributed by atoms with E-state index in [2.05, 4.69) is 56.1 Å². The average molecular weight is 222 g/mol. The summed E-state index contributed by atoms with van der Waals surface area (Å²) in [4.78, 5) is 4.65. The molecule has 2 nitrogen and oxygen atoms in total. The fraction of sp³-hybridized carbons (Fsp3) is 1.00. The molecule has 0 aromatic carbocycles. The van der Waals surface area contributed by atoms with E-state index in [1.807, 2.05) is 0 Å². The first kappa shape index (κ1) is 13.6. The van der Waals surface area contributed by atoms with E-state index in [0.717, 1.165) is 31.1 Å². The second-order valence-electron chi connectivity index (χ2n) is 3.54. The van der Waals surface area contributed by atoms with Crippen molar-refractivity contribution >= 4 is 25.3 Å². The topological polar surface area (TPSA) is 6.48 Å². The molecule has 0 spiro atoms. The Hall–Kier alpha value is 0.620. The molecule has 13 heavy (non-hydrogen) atoms. The normalized spacial score (nSPS) is 14.1. The molecule has 0 saturated heterocycles. The van der Waals surface area contributed by atoms with Crippen LogP contribution in [-0.4, -0.2) is 61.1 Å². The van der Waals surface area contributed by atoms with Gasteiger partial charge in [-0.25, -0.2) is 0 Å². The molecule has 1 unspecified atom stereocenters. The van der Waals surface area contributed by atoms with Crippen LogP contribution >= 0.6 is 25.3 Å². The van der Waals surface area contributed by atoms with Crippen molar-refractivity contribution < 1.29 is 0 Å². The van der Waals surface area contributed by atoms with Crippen LogP contribution in [0.2, 0.25) is 0 Å². The van der Waals surface area contributed by atoms with Crippen LogP contribution in [0.15, 0.2) is 0 Å². The van der Waals surface area contributed by atoms with Gasteiger partial charge in [-0.15, -0.1) is 0 Å². The molecule has 0 N–H and O–H groups in total. The molecule has 0 radical (unpaired) electrons. The van der Waals surface area contributed by atoms with E-state index in [-0.39, 0.29) is 0 Å². The van der Waals surface area contributed by atoms with E-state index >= 15 is 0 Å². The van der Waals surface area contributed by atoms with Gasteiger partial charge in [0.05, 0.1) is 0 Å². The molecule has 4 heteroatoms. The molecule has 0 fully saturated rings. The van der Waals surface area contributed by atoms with E-state index in [0.29, 0.717) is 6.04 Å². The fourth-order valence-corrected chi connectivity index (χ4v) is 1.89. The van der Waals surface area contributed by atoms with E-state index in [4.69, 9.17) is 0 Å². The Morgan fingerprint density at radius 3 is 2.08 bits per heavy atom. The van der Waals surface area contributed by atoms with Crippen molar-refractivity contribution in [2.75, 3.05) is 45.2 Å². The lowest BCUT2D eigenvalue weighted by Crippen LogP contribution is -2.40. The second kappa shape index (κ2) is 7.97. The Morgan fingerprint density at radius 1 is 1.08 bits per heavy atom. The Bertz CT molecular complexity index is 122. The minimum Gasteiger partial charge on any atom is -0.304 e. The van der Waals surface area contributed by atoms with E-state index in [1.165, 1.54) is 0 Å².